The van der Waals surface area contributed by atoms with Gasteiger partial charge in [-0.3, -0.25) is 19.3 Å². The van der Waals surface area contributed by atoms with Crippen LogP contribution in [-0.4, -0.2) is 40.6 Å². The molecule has 1 amide bonds. The van der Waals surface area contributed by atoms with E-state index in [1.807, 2.05) is 13.2 Å². The summed E-state index contributed by atoms with van der Waals surface area (Å²) in [5.41, 5.74) is 1.91. The number of anilines is 1. The Kier molecular flexibility index (Phi) is 5.68. The highest BCUT2D eigenvalue weighted by molar-refractivity contribution is 7.91. The van der Waals surface area contributed by atoms with Crippen molar-refractivity contribution in [2.75, 3.05) is 11.1 Å². The number of hydrogen-bond donors (Lipinski definition) is 1. The number of aromatic nitrogens is 3. The molecule has 4 rings (SSSR count). The highest BCUT2D eigenvalue weighted by Gasteiger charge is 2.52. The summed E-state index contributed by atoms with van der Waals surface area (Å²) in [5.74, 6) is -0.265. The molecule has 0 saturated heterocycles. The van der Waals surface area contributed by atoms with Gasteiger partial charge in [0.15, 0.2) is 15.6 Å². The molecule has 166 valence electrons. The maximum Gasteiger partial charge on any atom is 0.228 e. The Hall–Kier alpha value is -3.33. The monoisotopic (exact) mass is 452 g/mol. The predicted octanol–water partition coefficient (Wildman–Crippen LogP) is 2.70. The second-order valence-corrected chi connectivity index (χ2v) is 10.3. The maximum absolute atomic E-state index is 13.0. The normalized spacial score (nSPS) is 14.7. The number of benzene rings is 1. The highest BCUT2D eigenvalue weighted by atomic mass is 32.2. The summed E-state index contributed by atoms with van der Waals surface area (Å²) < 4.78 is 25.5. The number of carbonyl (C=O) groups is 2. The van der Waals surface area contributed by atoms with Crippen molar-refractivity contribution in [2.24, 2.45) is 7.05 Å². The molecule has 1 saturated carbocycles. The summed E-state index contributed by atoms with van der Waals surface area (Å²) >= 11 is 0. The van der Waals surface area contributed by atoms with Gasteiger partial charge in [0, 0.05) is 18.8 Å². The zero-order valence-corrected chi connectivity index (χ0v) is 18.7. The minimum Gasteiger partial charge on any atom is -0.324 e. The summed E-state index contributed by atoms with van der Waals surface area (Å²) in [6, 6.07) is 9.58. The molecule has 0 atom stereocenters. The zero-order valence-electron chi connectivity index (χ0n) is 17.9. The van der Waals surface area contributed by atoms with Gasteiger partial charge in [0.05, 0.1) is 40.6 Å². The third-order valence-electron chi connectivity index (χ3n) is 5.75. The van der Waals surface area contributed by atoms with Crippen LogP contribution in [0.5, 0.6) is 0 Å². The van der Waals surface area contributed by atoms with Gasteiger partial charge in [-0.2, -0.15) is 5.10 Å². The van der Waals surface area contributed by atoms with E-state index in [0.29, 0.717) is 16.9 Å². The third kappa shape index (κ3) is 4.34. The minimum atomic E-state index is -3.27. The van der Waals surface area contributed by atoms with Crippen LogP contribution in [0.15, 0.2) is 59.9 Å². The lowest BCUT2D eigenvalue weighted by Gasteiger charge is -2.12. The van der Waals surface area contributed by atoms with Crippen LogP contribution in [0.3, 0.4) is 0 Å². The van der Waals surface area contributed by atoms with Gasteiger partial charge in [0.25, 0.3) is 0 Å². The third-order valence-corrected chi connectivity index (χ3v) is 7.50. The fourth-order valence-electron chi connectivity index (χ4n) is 3.66. The van der Waals surface area contributed by atoms with Gasteiger partial charge in [-0.05, 0) is 42.7 Å². The zero-order chi connectivity index (χ0) is 22.9. The topological polar surface area (TPSA) is 111 Å². The van der Waals surface area contributed by atoms with Crippen molar-refractivity contribution < 1.29 is 18.0 Å². The molecule has 2 aromatic heterocycles. The first-order valence-corrected chi connectivity index (χ1v) is 12.0. The average Bonchev–Trinajstić information content (AvgIpc) is 3.48. The molecule has 3 aromatic rings. The van der Waals surface area contributed by atoms with Gasteiger partial charge in [0.1, 0.15) is 5.69 Å². The van der Waals surface area contributed by atoms with Crippen LogP contribution in [-0.2, 0) is 33.5 Å². The number of pyridine rings is 1. The molecule has 1 N–H and O–H groups in total. The van der Waals surface area contributed by atoms with Gasteiger partial charge in [0.2, 0.25) is 5.91 Å². The molecule has 0 bridgehead atoms. The molecule has 9 heteroatoms. The fraction of sp³-hybridized carbons (Fsp3) is 0.304. The number of nitrogens with zero attached hydrogens (tertiary/aromatic N) is 3. The van der Waals surface area contributed by atoms with Gasteiger partial charge in [-0.1, -0.05) is 19.1 Å². The first-order valence-electron chi connectivity index (χ1n) is 10.3. The average molecular weight is 453 g/mol. The first-order chi connectivity index (χ1) is 15.2. The van der Waals surface area contributed by atoms with Crippen LogP contribution < -0.4 is 5.32 Å². The van der Waals surface area contributed by atoms with E-state index in [1.165, 1.54) is 18.3 Å². The second-order valence-electron chi connectivity index (χ2n) is 8.02. The van der Waals surface area contributed by atoms with Crippen molar-refractivity contribution in [2.45, 2.75) is 36.5 Å². The van der Waals surface area contributed by atoms with Crippen LogP contribution in [0.4, 0.5) is 5.69 Å². The van der Waals surface area contributed by atoms with Crippen molar-refractivity contribution in [3.8, 4) is 0 Å². The molecule has 2 heterocycles. The summed E-state index contributed by atoms with van der Waals surface area (Å²) in [4.78, 5) is 29.9. The molecule has 1 aromatic carbocycles. The van der Waals surface area contributed by atoms with Crippen molar-refractivity contribution >= 4 is 27.2 Å². The Morgan fingerprint density at radius 3 is 2.34 bits per heavy atom. The number of sulfone groups is 1. The number of amides is 1. The number of carbonyl (C=O) groups excluding carboxylic acids is 2. The van der Waals surface area contributed by atoms with E-state index in [2.05, 4.69) is 15.4 Å². The minimum absolute atomic E-state index is 0.0295. The van der Waals surface area contributed by atoms with E-state index in [-0.39, 0.29) is 28.8 Å². The summed E-state index contributed by atoms with van der Waals surface area (Å²) in [7, 11) is -1.45. The lowest BCUT2D eigenvalue weighted by molar-refractivity contribution is -0.115. The summed E-state index contributed by atoms with van der Waals surface area (Å²) in [6.45, 7) is 1.59. The fourth-order valence-corrected chi connectivity index (χ4v) is 4.54. The SMILES string of the molecule is CCS(=O)(=O)c1ccc(CC(=O)Nc2ccc(C(=O)C3(c4cnn(C)c4)CC3)nc2)cc1. The second kappa shape index (κ2) is 8.31. The van der Waals surface area contributed by atoms with E-state index in [1.54, 1.807) is 42.1 Å². The number of hydrogen-bond acceptors (Lipinski definition) is 6. The Morgan fingerprint density at radius 1 is 1.09 bits per heavy atom. The van der Waals surface area contributed by atoms with Crippen LogP contribution >= 0.6 is 0 Å². The molecule has 1 aliphatic carbocycles. The van der Waals surface area contributed by atoms with Crippen molar-refractivity contribution in [3.63, 3.8) is 0 Å². The Morgan fingerprint density at radius 2 is 1.81 bits per heavy atom. The Balaban J connectivity index is 1.38. The molecule has 8 nitrogen and oxygen atoms in total. The molecule has 1 aliphatic rings. The van der Waals surface area contributed by atoms with E-state index < -0.39 is 15.3 Å². The summed E-state index contributed by atoms with van der Waals surface area (Å²) in [5, 5.41) is 6.93. The molecule has 0 spiro atoms. The molecule has 0 radical (unpaired) electrons. The van der Waals surface area contributed by atoms with Gasteiger partial charge in [-0.15, -0.1) is 0 Å². The van der Waals surface area contributed by atoms with Crippen molar-refractivity contribution in [1.82, 2.24) is 14.8 Å². The number of nitrogens with one attached hydrogen (secondary N) is 1. The Bertz CT molecular complexity index is 1260. The highest BCUT2D eigenvalue weighted by Crippen LogP contribution is 2.50. The van der Waals surface area contributed by atoms with Crippen LogP contribution in [0.1, 0.15) is 41.4 Å². The van der Waals surface area contributed by atoms with E-state index >= 15 is 0 Å². The van der Waals surface area contributed by atoms with E-state index in [0.717, 1.165) is 18.4 Å². The Labute approximate surface area is 186 Å². The van der Waals surface area contributed by atoms with Gasteiger partial charge in [-0.25, -0.2) is 8.42 Å². The van der Waals surface area contributed by atoms with Crippen LogP contribution in [0.2, 0.25) is 0 Å². The quantitative estimate of drug-likeness (QED) is 0.526. The summed E-state index contributed by atoms with van der Waals surface area (Å²) in [6.07, 6.45) is 6.71. The smallest absolute Gasteiger partial charge is 0.228 e. The molecule has 1 fully saturated rings. The number of Topliss-reactive ketones (excluding diaryl/α,β-unsaturated/α-hetero) is 1. The molecule has 0 aliphatic heterocycles. The van der Waals surface area contributed by atoms with Crippen LogP contribution in [0, 0.1) is 0 Å². The molecule has 32 heavy (non-hydrogen) atoms. The maximum atomic E-state index is 13.0. The van der Waals surface area contributed by atoms with Gasteiger partial charge < -0.3 is 5.32 Å². The van der Waals surface area contributed by atoms with E-state index in [4.69, 9.17) is 0 Å². The van der Waals surface area contributed by atoms with Crippen molar-refractivity contribution in [1.29, 1.82) is 0 Å². The predicted molar refractivity (Wildman–Crippen MR) is 119 cm³/mol. The number of rotatable bonds is 8. The lowest BCUT2D eigenvalue weighted by Crippen LogP contribution is -2.21. The first kappa shape index (κ1) is 21.9. The number of ketones is 1. The van der Waals surface area contributed by atoms with E-state index in [9.17, 15) is 18.0 Å². The van der Waals surface area contributed by atoms with Crippen LogP contribution in [0.25, 0.3) is 0 Å². The lowest BCUT2D eigenvalue weighted by atomic mass is 9.92. The molecule has 0 unspecified atom stereocenters. The standard InChI is InChI=1S/C23H24N4O4S/c1-3-32(30,31)19-7-4-16(5-8-19)12-21(28)26-18-6-9-20(24-14-18)22(29)23(10-11-23)17-13-25-27(2)15-17/h4-9,13-15H,3,10-12H2,1-2H3,(H,26,28). The number of aryl methyl sites for hydroxylation is 1. The largest absolute Gasteiger partial charge is 0.324 e. The van der Waals surface area contributed by atoms with Crippen molar-refractivity contribution in [3.05, 3.63) is 71.8 Å². The molecular formula is C23H24N4O4S. The van der Waals surface area contributed by atoms with Gasteiger partial charge >= 0.3 is 0 Å². The molecular weight excluding hydrogens is 428 g/mol.